The molecule has 0 aromatic heterocycles. The van der Waals surface area contributed by atoms with E-state index in [0.29, 0.717) is 18.3 Å². The zero-order chi connectivity index (χ0) is 13.9. The van der Waals surface area contributed by atoms with Crippen LogP contribution in [0.25, 0.3) is 0 Å². The third-order valence-corrected chi connectivity index (χ3v) is 4.96. The summed E-state index contributed by atoms with van der Waals surface area (Å²) in [4.78, 5) is 27.4. The molecule has 108 valence electrons. The van der Waals surface area contributed by atoms with Gasteiger partial charge in [-0.15, -0.1) is 0 Å². The highest BCUT2D eigenvalue weighted by Crippen LogP contribution is 2.41. The molecule has 1 spiro atoms. The van der Waals surface area contributed by atoms with E-state index in [4.69, 9.17) is 0 Å². The van der Waals surface area contributed by atoms with Gasteiger partial charge in [0.2, 0.25) is 11.8 Å². The van der Waals surface area contributed by atoms with Gasteiger partial charge in [-0.1, -0.05) is 13.8 Å². The Morgan fingerprint density at radius 2 is 1.11 bits per heavy atom. The molecular weight excluding hydrogens is 240 g/mol. The molecule has 19 heavy (non-hydrogen) atoms. The van der Waals surface area contributed by atoms with Crippen LogP contribution in [0.15, 0.2) is 0 Å². The summed E-state index contributed by atoms with van der Waals surface area (Å²) in [5, 5.41) is 0. The van der Waals surface area contributed by atoms with Crippen molar-refractivity contribution in [1.82, 2.24) is 9.80 Å². The summed E-state index contributed by atoms with van der Waals surface area (Å²) in [7, 11) is 0. The van der Waals surface area contributed by atoms with E-state index in [0.717, 1.165) is 51.9 Å². The molecule has 2 saturated heterocycles. The van der Waals surface area contributed by atoms with Crippen LogP contribution in [0.2, 0.25) is 0 Å². The summed E-state index contributed by atoms with van der Waals surface area (Å²) in [5.41, 5.74) is 0.398. The molecule has 2 amide bonds. The van der Waals surface area contributed by atoms with Gasteiger partial charge < -0.3 is 9.80 Å². The number of carbonyl (C=O) groups excluding carboxylic acids is 2. The Bertz CT molecular complexity index is 301. The molecule has 0 aromatic carbocycles. The minimum Gasteiger partial charge on any atom is -0.343 e. The number of hydrogen-bond acceptors (Lipinski definition) is 2. The van der Waals surface area contributed by atoms with Crippen LogP contribution in [0, 0.1) is 5.41 Å². The van der Waals surface area contributed by atoms with Crippen molar-refractivity contribution in [3.63, 3.8) is 0 Å². The second kappa shape index (κ2) is 5.93. The maximum Gasteiger partial charge on any atom is 0.222 e. The fraction of sp³-hybridized carbons (Fsp3) is 0.867. The molecule has 2 aliphatic rings. The number of rotatable bonds is 2. The highest BCUT2D eigenvalue weighted by Gasteiger charge is 2.38. The van der Waals surface area contributed by atoms with E-state index in [9.17, 15) is 9.59 Å². The monoisotopic (exact) mass is 266 g/mol. The number of piperidine rings is 2. The molecule has 4 nitrogen and oxygen atoms in total. The Morgan fingerprint density at radius 1 is 0.789 bits per heavy atom. The second-order valence-electron chi connectivity index (χ2n) is 5.97. The molecule has 0 aromatic rings. The molecule has 2 aliphatic heterocycles. The number of carbonyl (C=O) groups is 2. The Balaban J connectivity index is 1.85. The van der Waals surface area contributed by atoms with Crippen molar-refractivity contribution in [1.29, 1.82) is 0 Å². The van der Waals surface area contributed by atoms with Crippen molar-refractivity contribution in [3.05, 3.63) is 0 Å². The molecule has 0 unspecified atom stereocenters. The molecule has 0 N–H and O–H groups in total. The molecule has 0 atom stereocenters. The Labute approximate surface area is 116 Å². The molecule has 2 heterocycles. The van der Waals surface area contributed by atoms with Crippen molar-refractivity contribution in [2.75, 3.05) is 26.2 Å². The fourth-order valence-corrected chi connectivity index (χ4v) is 3.41. The molecule has 4 heteroatoms. The lowest BCUT2D eigenvalue weighted by atomic mass is 9.71. The van der Waals surface area contributed by atoms with E-state index < -0.39 is 0 Å². The lowest BCUT2D eigenvalue weighted by Crippen LogP contribution is -2.49. The first-order valence-corrected chi connectivity index (χ1v) is 7.66. The molecular formula is C15H26N2O2. The predicted molar refractivity (Wildman–Crippen MR) is 74.6 cm³/mol. The summed E-state index contributed by atoms with van der Waals surface area (Å²) in [6.07, 6.45) is 5.71. The van der Waals surface area contributed by atoms with Crippen LogP contribution in [-0.2, 0) is 9.59 Å². The van der Waals surface area contributed by atoms with Gasteiger partial charge in [-0.2, -0.15) is 0 Å². The van der Waals surface area contributed by atoms with E-state index in [1.165, 1.54) is 0 Å². The van der Waals surface area contributed by atoms with Crippen LogP contribution < -0.4 is 0 Å². The third-order valence-electron chi connectivity index (χ3n) is 4.96. The van der Waals surface area contributed by atoms with Gasteiger partial charge in [0.05, 0.1) is 0 Å². The number of likely N-dealkylation sites (tertiary alicyclic amines) is 2. The molecule has 0 radical (unpaired) electrons. The highest BCUT2D eigenvalue weighted by molar-refractivity contribution is 5.76. The van der Waals surface area contributed by atoms with Crippen molar-refractivity contribution < 1.29 is 9.59 Å². The predicted octanol–water partition coefficient (Wildman–Crippen LogP) is 2.04. The molecule has 2 fully saturated rings. The zero-order valence-electron chi connectivity index (χ0n) is 12.3. The second-order valence-corrected chi connectivity index (χ2v) is 5.97. The first-order valence-electron chi connectivity index (χ1n) is 7.66. The zero-order valence-corrected chi connectivity index (χ0v) is 12.3. The number of hydrogen-bond donors (Lipinski definition) is 0. The van der Waals surface area contributed by atoms with E-state index in [-0.39, 0.29) is 11.8 Å². The van der Waals surface area contributed by atoms with Gasteiger partial charge in [0.1, 0.15) is 0 Å². The Morgan fingerprint density at radius 3 is 1.37 bits per heavy atom. The number of nitrogens with zero attached hydrogens (tertiary/aromatic N) is 2. The summed E-state index contributed by atoms with van der Waals surface area (Å²) in [6.45, 7) is 7.51. The largest absolute Gasteiger partial charge is 0.343 e. The summed E-state index contributed by atoms with van der Waals surface area (Å²) < 4.78 is 0. The van der Waals surface area contributed by atoms with E-state index in [1.54, 1.807) is 0 Å². The van der Waals surface area contributed by atoms with Gasteiger partial charge >= 0.3 is 0 Å². The topological polar surface area (TPSA) is 40.6 Å². The Hall–Kier alpha value is -1.06. The van der Waals surface area contributed by atoms with Crippen LogP contribution in [0.4, 0.5) is 0 Å². The van der Waals surface area contributed by atoms with Gasteiger partial charge in [-0.05, 0) is 31.1 Å². The van der Waals surface area contributed by atoms with Crippen LogP contribution in [0.1, 0.15) is 52.4 Å². The summed E-state index contributed by atoms with van der Waals surface area (Å²) in [5.74, 6) is 0.571. The molecule has 0 saturated carbocycles. The Kier molecular flexibility index (Phi) is 4.48. The minimum absolute atomic E-state index is 0.286. The lowest BCUT2D eigenvalue weighted by molar-refractivity contribution is -0.135. The van der Waals surface area contributed by atoms with Crippen LogP contribution in [0.5, 0.6) is 0 Å². The average Bonchev–Trinajstić information content (AvgIpc) is 2.47. The van der Waals surface area contributed by atoms with E-state index in [2.05, 4.69) is 0 Å². The third kappa shape index (κ3) is 3.10. The SMILES string of the molecule is CCC(=O)N1CCC2(CC1)CCN(C(=O)CC)CC2. The van der Waals surface area contributed by atoms with Crippen molar-refractivity contribution >= 4 is 11.8 Å². The maximum atomic E-state index is 11.7. The van der Waals surface area contributed by atoms with Gasteiger partial charge in [-0.25, -0.2) is 0 Å². The van der Waals surface area contributed by atoms with Gasteiger partial charge in [-0.3, -0.25) is 9.59 Å². The smallest absolute Gasteiger partial charge is 0.222 e. The van der Waals surface area contributed by atoms with E-state index >= 15 is 0 Å². The van der Waals surface area contributed by atoms with Crippen molar-refractivity contribution in [2.45, 2.75) is 52.4 Å². The maximum absolute atomic E-state index is 11.7. The molecule has 0 bridgehead atoms. The van der Waals surface area contributed by atoms with Gasteiger partial charge in [0.15, 0.2) is 0 Å². The van der Waals surface area contributed by atoms with Crippen LogP contribution >= 0.6 is 0 Å². The summed E-state index contributed by atoms with van der Waals surface area (Å²) in [6, 6.07) is 0. The molecule has 0 aliphatic carbocycles. The lowest BCUT2D eigenvalue weighted by Gasteiger charge is -2.46. The van der Waals surface area contributed by atoms with E-state index in [1.807, 2.05) is 23.6 Å². The first kappa shape index (κ1) is 14.4. The van der Waals surface area contributed by atoms with Crippen LogP contribution in [-0.4, -0.2) is 47.8 Å². The van der Waals surface area contributed by atoms with Gasteiger partial charge in [0, 0.05) is 39.0 Å². The highest BCUT2D eigenvalue weighted by atomic mass is 16.2. The van der Waals surface area contributed by atoms with Crippen molar-refractivity contribution in [2.24, 2.45) is 5.41 Å². The normalized spacial score (nSPS) is 22.6. The minimum atomic E-state index is 0.286. The quantitative estimate of drug-likeness (QED) is 0.767. The summed E-state index contributed by atoms with van der Waals surface area (Å²) >= 11 is 0. The standard InChI is InChI=1S/C15H26N2O2/c1-3-13(18)16-9-5-15(6-10-16)7-11-17(12-8-15)14(19)4-2/h3-12H2,1-2H3. The fourth-order valence-electron chi connectivity index (χ4n) is 3.41. The first-order chi connectivity index (χ1) is 9.10. The average molecular weight is 266 g/mol. The van der Waals surface area contributed by atoms with Crippen molar-refractivity contribution in [3.8, 4) is 0 Å². The number of amides is 2. The molecule has 2 rings (SSSR count). The van der Waals surface area contributed by atoms with Crippen LogP contribution in [0.3, 0.4) is 0 Å². The van der Waals surface area contributed by atoms with Gasteiger partial charge in [0.25, 0.3) is 0 Å².